The van der Waals surface area contributed by atoms with E-state index in [-0.39, 0.29) is 12.4 Å². The topological polar surface area (TPSA) is 43.5 Å². The molecule has 0 aliphatic heterocycles. The first-order valence-electron chi connectivity index (χ1n) is 4.24. The Morgan fingerprint density at radius 2 is 2.50 bits per heavy atom. The molecule has 4 heteroatoms. The second-order valence-corrected chi connectivity index (χ2v) is 2.60. The highest BCUT2D eigenvalue weighted by Crippen LogP contribution is 2.17. The lowest BCUT2D eigenvalue weighted by molar-refractivity contribution is -0.142. The number of carbonyl (C=O) groups excluding carboxylic acids is 1. The van der Waals surface area contributed by atoms with E-state index in [4.69, 9.17) is 11.3 Å². The number of pyridine rings is 1. The summed E-state index contributed by atoms with van der Waals surface area (Å²) in [5.41, 5.74) is 1.06. The van der Waals surface area contributed by atoms with Gasteiger partial charge in [0.2, 0.25) is 0 Å². The van der Waals surface area contributed by atoms with Gasteiger partial charge in [0.05, 0.1) is 19.6 Å². The standard InChI is InChI=1S/C10H10N2O2/c1-3-14-10(13)6-8-7-12-5-4-9(8)11-2/h4-5,7H,3,6H2,1H3. The van der Waals surface area contributed by atoms with Crippen molar-refractivity contribution < 1.29 is 9.53 Å². The summed E-state index contributed by atoms with van der Waals surface area (Å²) >= 11 is 0. The van der Waals surface area contributed by atoms with Crippen LogP contribution in [-0.2, 0) is 16.0 Å². The first-order valence-corrected chi connectivity index (χ1v) is 4.24. The molecule has 0 bridgehead atoms. The Morgan fingerprint density at radius 3 is 3.14 bits per heavy atom. The zero-order chi connectivity index (χ0) is 10.4. The van der Waals surface area contributed by atoms with Gasteiger partial charge in [0.1, 0.15) is 0 Å². The Hall–Kier alpha value is -1.89. The number of aromatic nitrogens is 1. The molecule has 0 fully saturated rings. The molecule has 72 valence electrons. The zero-order valence-corrected chi connectivity index (χ0v) is 7.86. The van der Waals surface area contributed by atoms with Gasteiger partial charge in [-0.25, -0.2) is 4.85 Å². The Morgan fingerprint density at radius 1 is 1.71 bits per heavy atom. The summed E-state index contributed by atoms with van der Waals surface area (Å²) in [4.78, 5) is 18.3. The van der Waals surface area contributed by atoms with Crippen LogP contribution in [0.25, 0.3) is 4.85 Å². The summed E-state index contributed by atoms with van der Waals surface area (Å²) in [6.07, 6.45) is 3.16. The molecule has 1 rings (SSSR count). The summed E-state index contributed by atoms with van der Waals surface area (Å²) in [5.74, 6) is -0.328. The predicted octanol–water partition coefficient (Wildman–Crippen LogP) is 1.74. The summed E-state index contributed by atoms with van der Waals surface area (Å²) in [5, 5.41) is 0. The van der Waals surface area contributed by atoms with E-state index >= 15 is 0 Å². The number of hydrogen-bond acceptors (Lipinski definition) is 3. The van der Waals surface area contributed by atoms with Crippen molar-refractivity contribution in [1.29, 1.82) is 0 Å². The number of hydrogen-bond donors (Lipinski definition) is 0. The summed E-state index contributed by atoms with van der Waals surface area (Å²) in [7, 11) is 0. The zero-order valence-electron chi connectivity index (χ0n) is 7.86. The highest BCUT2D eigenvalue weighted by atomic mass is 16.5. The number of rotatable bonds is 3. The van der Waals surface area contributed by atoms with Crippen LogP contribution in [0.1, 0.15) is 12.5 Å². The first-order chi connectivity index (χ1) is 6.77. The minimum absolute atomic E-state index is 0.111. The van der Waals surface area contributed by atoms with Gasteiger partial charge in [-0.3, -0.25) is 9.78 Å². The molecule has 4 nitrogen and oxygen atoms in total. The third-order valence-corrected chi connectivity index (χ3v) is 1.64. The second kappa shape index (κ2) is 4.97. The fourth-order valence-electron chi connectivity index (χ4n) is 1.03. The molecular weight excluding hydrogens is 180 g/mol. The lowest BCUT2D eigenvalue weighted by Crippen LogP contribution is -2.07. The highest BCUT2D eigenvalue weighted by Gasteiger charge is 2.08. The van der Waals surface area contributed by atoms with Crippen molar-refractivity contribution in [2.45, 2.75) is 13.3 Å². The molecule has 1 heterocycles. The normalized spacial score (nSPS) is 9.14. The van der Waals surface area contributed by atoms with Gasteiger partial charge in [0, 0.05) is 12.4 Å². The van der Waals surface area contributed by atoms with Crippen LogP contribution in [0, 0.1) is 6.57 Å². The number of carbonyl (C=O) groups is 1. The maximum Gasteiger partial charge on any atom is 0.309 e. The van der Waals surface area contributed by atoms with E-state index in [1.165, 1.54) is 12.4 Å². The average Bonchev–Trinajstić information content (AvgIpc) is 2.19. The SMILES string of the molecule is [C-]#[N+]c1ccncc1CC(=O)OCC. The van der Waals surface area contributed by atoms with E-state index in [2.05, 4.69) is 9.83 Å². The number of nitrogens with zero attached hydrogens (tertiary/aromatic N) is 2. The fraction of sp³-hybridized carbons (Fsp3) is 0.300. The van der Waals surface area contributed by atoms with E-state index in [1.54, 1.807) is 13.0 Å². The Balaban J connectivity index is 2.77. The van der Waals surface area contributed by atoms with Crippen molar-refractivity contribution >= 4 is 11.7 Å². The monoisotopic (exact) mass is 190 g/mol. The highest BCUT2D eigenvalue weighted by molar-refractivity contribution is 5.75. The molecule has 0 unspecified atom stereocenters. The van der Waals surface area contributed by atoms with E-state index in [1.807, 2.05) is 0 Å². The van der Waals surface area contributed by atoms with Crippen molar-refractivity contribution in [2.75, 3.05) is 6.61 Å². The molecule has 1 aromatic heterocycles. The smallest absolute Gasteiger partial charge is 0.309 e. The third-order valence-electron chi connectivity index (χ3n) is 1.64. The van der Waals surface area contributed by atoms with E-state index in [0.717, 1.165) is 0 Å². The van der Waals surface area contributed by atoms with Crippen LogP contribution in [-0.4, -0.2) is 17.6 Å². The minimum atomic E-state index is -0.328. The molecular formula is C10H10N2O2. The molecule has 0 spiro atoms. The van der Waals surface area contributed by atoms with Crippen LogP contribution in [0.2, 0.25) is 0 Å². The number of esters is 1. The molecule has 0 saturated heterocycles. The van der Waals surface area contributed by atoms with Gasteiger partial charge in [-0.15, -0.1) is 0 Å². The molecule has 0 saturated carbocycles. The Labute approximate surface area is 82.4 Å². The third kappa shape index (κ3) is 2.56. The molecule has 14 heavy (non-hydrogen) atoms. The van der Waals surface area contributed by atoms with Crippen LogP contribution in [0.4, 0.5) is 5.69 Å². The molecule has 0 aliphatic rings. The molecule has 1 aromatic rings. The van der Waals surface area contributed by atoms with Crippen molar-refractivity contribution in [3.8, 4) is 0 Å². The first kappa shape index (κ1) is 10.2. The van der Waals surface area contributed by atoms with Crippen LogP contribution >= 0.6 is 0 Å². The quantitative estimate of drug-likeness (QED) is 0.538. The summed E-state index contributed by atoms with van der Waals surface area (Å²) in [6, 6.07) is 1.58. The summed E-state index contributed by atoms with van der Waals surface area (Å²) < 4.78 is 4.78. The molecule has 0 atom stereocenters. The van der Waals surface area contributed by atoms with Crippen LogP contribution < -0.4 is 0 Å². The molecule has 0 aliphatic carbocycles. The number of ether oxygens (including phenoxy) is 1. The van der Waals surface area contributed by atoms with Crippen LogP contribution in [0.15, 0.2) is 18.5 Å². The lowest BCUT2D eigenvalue weighted by atomic mass is 10.2. The van der Waals surface area contributed by atoms with E-state index in [0.29, 0.717) is 17.9 Å². The van der Waals surface area contributed by atoms with Crippen molar-refractivity contribution in [2.24, 2.45) is 0 Å². The van der Waals surface area contributed by atoms with Gasteiger partial charge in [-0.1, -0.05) is 0 Å². The lowest BCUT2D eigenvalue weighted by Gasteiger charge is -2.02. The molecule has 0 radical (unpaired) electrons. The van der Waals surface area contributed by atoms with Crippen LogP contribution in [0.3, 0.4) is 0 Å². The largest absolute Gasteiger partial charge is 0.466 e. The van der Waals surface area contributed by atoms with Gasteiger partial charge >= 0.3 is 5.97 Å². The second-order valence-electron chi connectivity index (χ2n) is 2.60. The molecule has 0 aromatic carbocycles. The van der Waals surface area contributed by atoms with Crippen molar-refractivity contribution in [3.63, 3.8) is 0 Å². The van der Waals surface area contributed by atoms with Gasteiger partial charge in [-0.05, 0) is 18.6 Å². The maximum absolute atomic E-state index is 11.1. The fourth-order valence-corrected chi connectivity index (χ4v) is 1.03. The maximum atomic E-state index is 11.1. The van der Waals surface area contributed by atoms with Gasteiger partial charge < -0.3 is 4.74 Å². The van der Waals surface area contributed by atoms with Crippen molar-refractivity contribution in [3.05, 3.63) is 35.4 Å². The Bertz CT molecular complexity index is 369. The summed E-state index contributed by atoms with van der Waals surface area (Å²) in [6.45, 7) is 8.98. The Kier molecular flexibility index (Phi) is 3.62. The van der Waals surface area contributed by atoms with Crippen LogP contribution in [0.5, 0.6) is 0 Å². The molecule has 0 N–H and O–H groups in total. The van der Waals surface area contributed by atoms with E-state index < -0.39 is 0 Å². The van der Waals surface area contributed by atoms with Crippen molar-refractivity contribution in [1.82, 2.24) is 4.98 Å². The van der Waals surface area contributed by atoms with Gasteiger partial charge in [-0.2, -0.15) is 0 Å². The minimum Gasteiger partial charge on any atom is -0.466 e. The molecule has 0 amide bonds. The van der Waals surface area contributed by atoms with Gasteiger partial charge in [0.15, 0.2) is 5.69 Å². The van der Waals surface area contributed by atoms with Gasteiger partial charge in [0.25, 0.3) is 0 Å². The average molecular weight is 190 g/mol. The predicted molar refractivity (Wildman–Crippen MR) is 50.8 cm³/mol. The van der Waals surface area contributed by atoms with E-state index in [9.17, 15) is 4.79 Å².